The zero-order valence-corrected chi connectivity index (χ0v) is 11.1. The van der Waals surface area contributed by atoms with E-state index in [1.807, 2.05) is 31.2 Å². The Balaban J connectivity index is 1.89. The molecule has 20 heavy (non-hydrogen) atoms. The molecule has 0 fully saturated rings. The van der Waals surface area contributed by atoms with Crippen molar-refractivity contribution < 1.29 is 15.0 Å². The van der Waals surface area contributed by atoms with Crippen molar-refractivity contribution in [3.05, 3.63) is 58.7 Å². The lowest BCUT2D eigenvalue weighted by Crippen LogP contribution is -2.23. The maximum Gasteiger partial charge on any atom is 0.258 e. The molecule has 1 heterocycles. The molecule has 0 unspecified atom stereocenters. The van der Waals surface area contributed by atoms with Crippen LogP contribution in [0.4, 0.5) is 0 Å². The summed E-state index contributed by atoms with van der Waals surface area (Å²) in [7, 11) is 0. The average molecular weight is 269 g/mol. The van der Waals surface area contributed by atoms with Gasteiger partial charge < -0.3 is 15.1 Å². The van der Waals surface area contributed by atoms with Crippen LogP contribution in [0.2, 0.25) is 0 Å². The number of benzene rings is 2. The third-order valence-electron chi connectivity index (χ3n) is 3.56. The van der Waals surface area contributed by atoms with Crippen LogP contribution in [0.25, 0.3) is 0 Å². The van der Waals surface area contributed by atoms with Crippen molar-refractivity contribution in [1.82, 2.24) is 4.90 Å². The second kappa shape index (κ2) is 4.56. The second-order valence-corrected chi connectivity index (χ2v) is 5.12. The van der Waals surface area contributed by atoms with E-state index < -0.39 is 0 Å². The predicted molar refractivity (Wildman–Crippen MR) is 74.5 cm³/mol. The molecule has 0 bridgehead atoms. The van der Waals surface area contributed by atoms with Crippen molar-refractivity contribution in [2.75, 3.05) is 0 Å². The Labute approximate surface area is 116 Å². The minimum absolute atomic E-state index is 0.220. The maximum absolute atomic E-state index is 12.3. The van der Waals surface area contributed by atoms with E-state index >= 15 is 0 Å². The van der Waals surface area contributed by atoms with Gasteiger partial charge in [-0.05, 0) is 24.1 Å². The minimum atomic E-state index is -0.320. The molecule has 4 nitrogen and oxygen atoms in total. The van der Waals surface area contributed by atoms with Gasteiger partial charge in [-0.2, -0.15) is 0 Å². The van der Waals surface area contributed by atoms with Crippen molar-refractivity contribution in [3.8, 4) is 11.5 Å². The van der Waals surface area contributed by atoms with Gasteiger partial charge in [0, 0.05) is 13.1 Å². The Hall–Kier alpha value is -2.49. The molecule has 0 aliphatic carbocycles. The Kier molecular flexibility index (Phi) is 2.86. The SMILES string of the molecule is Cc1cccc(CN2Cc3ccc(O)c(O)c3C2=O)c1. The molecule has 0 atom stereocenters. The van der Waals surface area contributed by atoms with Crippen molar-refractivity contribution >= 4 is 5.91 Å². The quantitative estimate of drug-likeness (QED) is 0.824. The monoisotopic (exact) mass is 269 g/mol. The van der Waals surface area contributed by atoms with Crippen LogP contribution in [0.3, 0.4) is 0 Å². The van der Waals surface area contributed by atoms with Gasteiger partial charge in [-0.1, -0.05) is 35.9 Å². The summed E-state index contributed by atoms with van der Waals surface area (Å²) in [4.78, 5) is 14.0. The fourth-order valence-electron chi connectivity index (χ4n) is 2.59. The van der Waals surface area contributed by atoms with E-state index in [1.165, 1.54) is 6.07 Å². The highest BCUT2D eigenvalue weighted by atomic mass is 16.3. The fraction of sp³-hybridized carbons (Fsp3) is 0.188. The lowest BCUT2D eigenvalue weighted by molar-refractivity contribution is 0.0764. The van der Waals surface area contributed by atoms with Crippen LogP contribution in [0.5, 0.6) is 11.5 Å². The van der Waals surface area contributed by atoms with Crippen molar-refractivity contribution in [2.24, 2.45) is 0 Å². The van der Waals surface area contributed by atoms with Crippen molar-refractivity contribution in [1.29, 1.82) is 0 Å². The van der Waals surface area contributed by atoms with Crippen molar-refractivity contribution in [2.45, 2.75) is 20.0 Å². The highest BCUT2D eigenvalue weighted by Gasteiger charge is 2.31. The maximum atomic E-state index is 12.3. The van der Waals surface area contributed by atoms with Gasteiger partial charge in [0.25, 0.3) is 5.91 Å². The zero-order chi connectivity index (χ0) is 14.3. The second-order valence-electron chi connectivity index (χ2n) is 5.12. The molecular formula is C16H15NO3. The third-order valence-corrected chi connectivity index (χ3v) is 3.56. The molecule has 4 heteroatoms. The number of phenolic OH excluding ortho intramolecular Hbond substituents is 2. The van der Waals surface area contributed by atoms with Gasteiger partial charge in [0.05, 0.1) is 5.56 Å². The highest BCUT2D eigenvalue weighted by Crippen LogP contribution is 2.37. The minimum Gasteiger partial charge on any atom is -0.504 e. The number of rotatable bonds is 2. The van der Waals surface area contributed by atoms with E-state index in [0.29, 0.717) is 13.1 Å². The van der Waals surface area contributed by atoms with Crippen LogP contribution in [0.1, 0.15) is 27.0 Å². The van der Waals surface area contributed by atoms with E-state index in [-0.39, 0.29) is 23.0 Å². The number of phenols is 2. The summed E-state index contributed by atoms with van der Waals surface area (Å²) in [6.07, 6.45) is 0. The van der Waals surface area contributed by atoms with Gasteiger partial charge >= 0.3 is 0 Å². The number of fused-ring (bicyclic) bond motifs is 1. The molecule has 3 rings (SSSR count). The smallest absolute Gasteiger partial charge is 0.258 e. The molecule has 0 spiro atoms. The van der Waals surface area contributed by atoms with Crippen LogP contribution in [-0.4, -0.2) is 21.0 Å². The normalized spacial score (nSPS) is 13.7. The molecule has 102 valence electrons. The standard InChI is InChI=1S/C16H15NO3/c1-10-3-2-4-11(7-10)8-17-9-12-5-6-13(18)15(19)14(12)16(17)20/h2-7,18-19H,8-9H2,1H3. The summed E-state index contributed by atoms with van der Waals surface area (Å²) in [5.74, 6) is -0.816. The van der Waals surface area contributed by atoms with Gasteiger partial charge in [0.15, 0.2) is 11.5 Å². The molecule has 1 amide bonds. The molecule has 0 saturated carbocycles. The van der Waals surface area contributed by atoms with Gasteiger partial charge in [0.2, 0.25) is 0 Å². The molecule has 0 radical (unpaired) electrons. The van der Waals surface area contributed by atoms with Gasteiger partial charge in [-0.25, -0.2) is 0 Å². The lowest BCUT2D eigenvalue weighted by atomic mass is 10.1. The average Bonchev–Trinajstić information content (AvgIpc) is 2.72. The molecule has 0 saturated heterocycles. The fourth-order valence-corrected chi connectivity index (χ4v) is 2.59. The zero-order valence-electron chi connectivity index (χ0n) is 11.1. The van der Waals surface area contributed by atoms with Crippen LogP contribution in [-0.2, 0) is 13.1 Å². The van der Waals surface area contributed by atoms with E-state index in [0.717, 1.165) is 16.7 Å². The number of aromatic hydroxyl groups is 2. The summed E-state index contributed by atoms with van der Waals surface area (Å²) >= 11 is 0. The molecular weight excluding hydrogens is 254 g/mol. The molecule has 2 N–H and O–H groups in total. The van der Waals surface area contributed by atoms with Gasteiger partial charge in [-0.15, -0.1) is 0 Å². The highest BCUT2D eigenvalue weighted by molar-refractivity contribution is 6.01. The number of amides is 1. The molecule has 1 aliphatic rings. The number of hydrogen-bond acceptors (Lipinski definition) is 3. The van der Waals surface area contributed by atoms with Crippen LogP contribution in [0.15, 0.2) is 36.4 Å². The summed E-state index contributed by atoms with van der Waals surface area (Å²) in [6, 6.07) is 11.1. The first-order chi connectivity index (χ1) is 9.56. The molecule has 1 aliphatic heterocycles. The Bertz CT molecular complexity index is 694. The first-order valence-electron chi connectivity index (χ1n) is 6.45. The third kappa shape index (κ3) is 1.99. The van der Waals surface area contributed by atoms with E-state index in [9.17, 15) is 15.0 Å². The van der Waals surface area contributed by atoms with Crippen LogP contribution >= 0.6 is 0 Å². The lowest BCUT2D eigenvalue weighted by Gasteiger charge is -2.15. The van der Waals surface area contributed by atoms with Crippen molar-refractivity contribution in [3.63, 3.8) is 0 Å². The molecule has 0 aromatic heterocycles. The van der Waals surface area contributed by atoms with Crippen LogP contribution in [0, 0.1) is 6.92 Å². The number of hydrogen-bond donors (Lipinski definition) is 2. The summed E-state index contributed by atoms with van der Waals surface area (Å²) in [5.41, 5.74) is 3.16. The van der Waals surface area contributed by atoms with Gasteiger partial charge in [0.1, 0.15) is 0 Å². The molecule has 2 aromatic carbocycles. The Morgan fingerprint density at radius 3 is 2.75 bits per heavy atom. The van der Waals surface area contributed by atoms with Gasteiger partial charge in [-0.3, -0.25) is 4.79 Å². The van der Waals surface area contributed by atoms with E-state index in [1.54, 1.807) is 11.0 Å². The number of aryl methyl sites for hydroxylation is 1. The van der Waals surface area contributed by atoms with E-state index in [2.05, 4.69) is 0 Å². The summed E-state index contributed by atoms with van der Waals surface area (Å²) < 4.78 is 0. The van der Waals surface area contributed by atoms with E-state index in [4.69, 9.17) is 0 Å². The first-order valence-corrected chi connectivity index (χ1v) is 6.45. The Morgan fingerprint density at radius 1 is 1.20 bits per heavy atom. The molecule has 2 aromatic rings. The predicted octanol–water partition coefficient (Wildman–Crippen LogP) is 2.56. The van der Waals surface area contributed by atoms with Crippen LogP contribution < -0.4 is 0 Å². The summed E-state index contributed by atoms with van der Waals surface area (Å²) in [6.45, 7) is 2.96. The number of carbonyl (C=O) groups excluding carboxylic acids is 1. The topological polar surface area (TPSA) is 60.8 Å². The summed E-state index contributed by atoms with van der Waals surface area (Å²) in [5, 5.41) is 19.3. The largest absolute Gasteiger partial charge is 0.504 e. The Morgan fingerprint density at radius 2 is 2.00 bits per heavy atom. The first kappa shape index (κ1) is 12.5. The number of nitrogens with zero attached hydrogens (tertiary/aromatic N) is 1. The number of carbonyl (C=O) groups is 1.